The van der Waals surface area contributed by atoms with Gasteiger partial charge in [0, 0.05) is 18.9 Å². The fourth-order valence-corrected chi connectivity index (χ4v) is 5.71. The molecule has 7 nitrogen and oxygen atoms in total. The van der Waals surface area contributed by atoms with Crippen molar-refractivity contribution in [3.63, 3.8) is 0 Å². The molecular weight excluding hydrogens is 418 g/mol. The zero-order chi connectivity index (χ0) is 22.8. The zero-order valence-corrected chi connectivity index (χ0v) is 19.4. The average molecular weight is 448 g/mol. The van der Waals surface area contributed by atoms with Crippen LogP contribution in [0.25, 0.3) is 0 Å². The smallest absolute Gasteiger partial charge is 0.302 e. The van der Waals surface area contributed by atoms with Gasteiger partial charge in [-0.05, 0) is 43.2 Å². The lowest BCUT2D eigenvalue weighted by Crippen LogP contribution is -2.41. The van der Waals surface area contributed by atoms with Crippen molar-refractivity contribution in [1.82, 2.24) is 4.31 Å². The molecule has 0 N–H and O–H groups in total. The monoisotopic (exact) mass is 447 g/mol. The van der Waals surface area contributed by atoms with Crippen LogP contribution in [-0.2, 0) is 25.0 Å². The Hall–Kier alpha value is -2.58. The molecule has 0 radical (unpaired) electrons. The van der Waals surface area contributed by atoms with Gasteiger partial charge in [0.15, 0.2) is 11.5 Å². The number of sulfonamides is 1. The Bertz CT molecular complexity index is 1050. The third kappa shape index (κ3) is 4.27. The fraction of sp³-hybridized carbons (Fsp3) is 0.435. The maximum absolute atomic E-state index is 13.4. The van der Waals surface area contributed by atoms with Gasteiger partial charge in [-0.3, -0.25) is 4.79 Å². The predicted molar refractivity (Wildman–Crippen MR) is 117 cm³/mol. The third-order valence-corrected chi connectivity index (χ3v) is 7.83. The first-order valence-electron chi connectivity index (χ1n) is 10.1. The molecule has 0 amide bonds. The van der Waals surface area contributed by atoms with Crippen LogP contribution in [0.2, 0.25) is 0 Å². The van der Waals surface area contributed by atoms with Crippen LogP contribution in [0, 0.1) is 6.92 Å². The molecule has 0 saturated carbocycles. The number of esters is 1. The highest BCUT2D eigenvalue weighted by atomic mass is 32.2. The third-order valence-electron chi connectivity index (χ3n) is 6.00. The van der Waals surface area contributed by atoms with Gasteiger partial charge in [-0.15, -0.1) is 0 Å². The summed E-state index contributed by atoms with van der Waals surface area (Å²) in [6.45, 7) is 5.48. The molecule has 1 aliphatic heterocycles. The van der Waals surface area contributed by atoms with Crippen molar-refractivity contribution in [2.24, 2.45) is 0 Å². The van der Waals surface area contributed by atoms with Crippen LogP contribution in [0.15, 0.2) is 47.4 Å². The molecule has 3 rings (SSSR count). The topological polar surface area (TPSA) is 82.1 Å². The maximum Gasteiger partial charge on any atom is 0.302 e. The Morgan fingerprint density at radius 1 is 1.10 bits per heavy atom. The normalized spacial score (nSPS) is 21.6. The number of carbonyl (C=O) groups is 1. The van der Waals surface area contributed by atoms with Gasteiger partial charge >= 0.3 is 5.97 Å². The second kappa shape index (κ2) is 8.88. The van der Waals surface area contributed by atoms with Crippen molar-refractivity contribution in [3.05, 3.63) is 53.6 Å². The molecule has 1 fully saturated rings. The molecule has 0 unspecified atom stereocenters. The van der Waals surface area contributed by atoms with Gasteiger partial charge in [0.25, 0.3) is 0 Å². The Kier molecular flexibility index (Phi) is 6.62. The lowest BCUT2D eigenvalue weighted by atomic mass is 9.75. The van der Waals surface area contributed by atoms with E-state index >= 15 is 0 Å². The number of hydrogen-bond acceptors (Lipinski definition) is 6. The van der Waals surface area contributed by atoms with E-state index in [1.54, 1.807) is 44.6 Å². The van der Waals surface area contributed by atoms with Gasteiger partial charge in [0.2, 0.25) is 10.0 Å². The highest BCUT2D eigenvalue weighted by Gasteiger charge is 2.52. The van der Waals surface area contributed by atoms with Crippen LogP contribution in [0.4, 0.5) is 0 Å². The van der Waals surface area contributed by atoms with Crippen molar-refractivity contribution < 1.29 is 27.4 Å². The minimum atomic E-state index is -3.76. The molecule has 2 aromatic carbocycles. The number of aryl methyl sites for hydroxylation is 1. The molecule has 1 saturated heterocycles. The number of rotatable bonds is 7. The summed E-state index contributed by atoms with van der Waals surface area (Å²) < 4.78 is 44.6. The number of nitrogens with zero attached hydrogens (tertiary/aromatic N) is 1. The lowest BCUT2D eigenvalue weighted by Gasteiger charge is -2.34. The Labute approximate surface area is 184 Å². The minimum absolute atomic E-state index is 0.0813. The largest absolute Gasteiger partial charge is 0.493 e. The second-order valence-electron chi connectivity index (χ2n) is 7.79. The standard InChI is InChI=1S/C23H29NO6S/c1-6-23(18-9-12-20(28-4)21(13-18)29-5)15-24(14-22(23)30-17(3)25)31(26,27)19-10-7-16(2)8-11-19/h7-13,22H,6,14-15H2,1-5H3/t22-,23-/m0/s1. The molecule has 1 heterocycles. The number of hydrogen-bond donors (Lipinski definition) is 0. The van der Waals surface area contributed by atoms with E-state index in [1.165, 1.54) is 11.2 Å². The predicted octanol–water partition coefficient (Wildman–Crippen LogP) is 3.30. The summed E-state index contributed by atoms with van der Waals surface area (Å²) in [5.74, 6) is 0.663. The van der Waals surface area contributed by atoms with E-state index in [9.17, 15) is 13.2 Å². The van der Waals surface area contributed by atoms with Gasteiger partial charge < -0.3 is 14.2 Å². The van der Waals surface area contributed by atoms with Gasteiger partial charge in [-0.1, -0.05) is 30.7 Å². The number of methoxy groups -OCH3 is 2. The molecule has 168 valence electrons. The number of ether oxygens (including phenoxy) is 3. The van der Waals surface area contributed by atoms with Crippen LogP contribution in [-0.4, -0.2) is 52.1 Å². The summed E-state index contributed by atoms with van der Waals surface area (Å²) >= 11 is 0. The van der Waals surface area contributed by atoms with E-state index in [-0.39, 0.29) is 18.0 Å². The van der Waals surface area contributed by atoms with E-state index in [4.69, 9.17) is 14.2 Å². The molecule has 1 aliphatic rings. The zero-order valence-electron chi connectivity index (χ0n) is 18.5. The quantitative estimate of drug-likeness (QED) is 0.606. The number of carbonyl (C=O) groups excluding carboxylic acids is 1. The Morgan fingerprint density at radius 2 is 1.74 bits per heavy atom. The molecule has 31 heavy (non-hydrogen) atoms. The lowest BCUT2D eigenvalue weighted by molar-refractivity contribution is -0.148. The summed E-state index contributed by atoms with van der Waals surface area (Å²) in [6, 6.07) is 12.3. The Balaban J connectivity index is 2.08. The molecule has 0 aromatic heterocycles. The first-order chi connectivity index (χ1) is 14.7. The summed E-state index contributed by atoms with van der Waals surface area (Å²) in [6.07, 6.45) is -0.0614. The summed E-state index contributed by atoms with van der Waals surface area (Å²) in [5.41, 5.74) is 1.09. The van der Waals surface area contributed by atoms with E-state index in [0.717, 1.165) is 11.1 Å². The van der Waals surface area contributed by atoms with Gasteiger partial charge in [0.05, 0.1) is 25.7 Å². The van der Waals surface area contributed by atoms with Crippen molar-refractivity contribution in [1.29, 1.82) is 0 Å². The van der Waals surface area contributed by atoms with Crippen molar-refractivity contribution >= 4 is 16.0 Å². The van der Waals surface area contributed by atoms with E-state index in [1.807, 2.05) is 26.0 Å². The number of benzene rings is 2. The van der Waals surface area contributed by atoms with Crippen molar-refractivity contribution in [3.8, 4) is 11.5 Å². The molecule has 2 aromatic rings. The summed E-state index contributed by atoms with van der Waals surface area (Å²) in [4.78, 5) is 12.1. The maximum atomic E-state index is 13.4. The molecule has 0 bridgehead atoms. The van der Waals surface area contributed by atoms with E-state index < -0.39 is 27.5 Å². The molecular formula is C23H29NO6S. The summed E-state index contributed by atoms with van der Waals surface area (Å²) in [5, 5.41) is 0. The van der Waals surface area contributed by atoms with Crippen LogP contribution >= 0.6 is 0 Å². The van der Waals surface area contributed by atoms with E-state index in [0.29, 0.717) is 17.9 Å². The summed E-state index contributed by atoms with van der Waals surface area (Å²) in [7, 11) is -0.652. The van der Waals surface area contributed by atoms with Gasteiger partial charge in [0.1, 0.15) is 6.10 Å². The van der Waals surface area contributed by atoms with Crippen LogP contribution in [0.3, 0.4) is 0 Å². The highest BCUT2D eigenvalue weighted by Crippen LogP contribution is 2.44. The SMILES string of the molecule is CC[C@@]1(c2ccc(OC)c(OC)c2)CN(S(=O)(=O)c2ccc(C)cc2)C[C@@H]1OC(C)=O. The van der Waals surface area contributed by atoms with Gasteiger partial charge in [-0.2, -0.15) is 4.31 Å². The van der Waals surface area contributed by atoms with Crippen LogP contribution in [0.5, 0.6) is 11.5 Å². The van der Waals surface area contributed by atoms with Gasteiger partial charge in [-0.25, -0.2) is 8.42 Å². The molecule has 0 spiro atoms. The first kappa shape index (κ1) is 23.1. The highest BCUT2D eigenvalue weighted by molar-refractivity contribution is 7.89. The molecule has 0 aliphatic carbocycles. The van der Waals surface area contributed by atoms with E-state index in [2.05, 4.69) is 0 Å². The average Bonchev–Trinajstić information content (AvgIpc) is 3.13. The minimum Gasteiger partial charge on any atom is -0.493 e. The molecule has 8 heteroatoms. The fourth-order valence-electron chi connectivity index (χ4n) is 4.20. The van der Waals surface area contributed by atoms with Crippen molar-refractivity contribution in [2.75, 3.05) is 27.3 Å². The first-order valence-corrected chi connectivity index (χ1v) is 11.6. The van der Waals surface area contributed by atoms with Crippen LogP contribution < -0.4 is 9.47 Å². The van der Waals surface area contributed by atoms with Crippen molar-refractivity contribution in [2.45, 2.75) is 43.6 Å². The van der Waals surface area contributed by atoms with Crippen LogP contribution in [0.1, 0.15) is 31.4 Å². The molecule has 2 atom stereocenters. The Morgan fingerprint density at radius 3 is 2.29 bits per heavy atom. The second-order valence-corrected chi connectivity index (χ2v) is 9.73.